The van der Waals surface area contributed by atoms with E-state index in [1.807, 2.05) is 4.90 Å². The molecular weight excluding hydrogens is 464 g/mol. The van der Waals surface area contributed by atoms with Gasteiger partial charge < -0.3 is 14.9 Å². The van der Waals surface area contributed by atoms with E-state index in [4.69, 9.17) is 5.11 Å². The minimum atomic E-state index is -1.14. The molecule has 2 atom stereocenters. The summed E-state index contributed by atoms with van der Waals surface area (Å²) in [7, 11) is 0. The Labute approximate surface area is 222 Å². The number of allylic oxidation sites excluding steroid dienone is 12. The van der Waals surface area contributed by atoms with Crippen LogP contribution in [0.5, 0.6) is 0 Å². The number of hydrogen-bond donors (Lipinski definition) is 1. The zero-order valence-corrected chi connectivity index (χ0v) is 22.1. The number of carbonyl (C=O) groups is 3. The number of nitrogens with zero attached hydrogens (tertiary/aromatic N) is 2. The molecule has 0 aromatic carbocycles. The molecule has 0 saturated carbocycles. The van der Waals surface area contributed by atoms with E-state index in [1.165, 1.54) is 0 Å². The number of carbonyl (C=O) groups excluding carboxylic acids is 2. The van der Waals surface area contributed by atoms with Crippen molar-refractivity contribution in [1.82, 2.24) is 9.80 Å². The summed E-state index contributed by atoms with van der Waals surface area (Å²) in [5.74, 6) is -1.30. The molecule has 2 aliphatic rings. The number of amides is 2. The molecule has 2 saturated heterocycles. The van der Waals surface area contributed by atoms with Crippen molar-refractivity contribution < 1.29 is 19.5 Å². The Morgan fingerprint density at radius 2 is 1.14 bits per heavy atom. The van der Waals surface area contributed by atoms with E-state index in [2.05, 4.69) is 79.8 Å². The van der Waals surface area contributed by atoms with Gasteiger partial charge >= 0.3 is 5.97 Å². The number of fused-ring (bicyclic) bond motifs is 2. The molecule has 2 fully saturated rings. The third-order valence-corrected chi connectivity index (χ3v) is 6.33. The molecule has 200 valence electrons. The van der Waals surface area contributed by atoms with Crippen LogP contribution in [0.3, 0.4) is 0 Å². The van der Waals surface area contributed by atoms with Gasteiger partial charge in [0.05, 0.1) is 12.1 Å². The van der Waals surface area contributed by atoms with Crippen molar-refractivity contribution in [1.29, 1.82) is 0 Å². The standard InChI is InChI=1S/C31H42N2O4/c1-2-3-4-5-6-7-8-9-10-11-12-13-14-15-16-17-18-19-20-21-29(34)32-25-28-24-27(32)26-33(28)30(35)22-23-31(36)37/h3-4,6-7,9-10,12-13,15-16,18-19,22-23,27-28H,2,5,8,11,14,17,20-21,24-26H2,1H3,(H,36,37). The third-order valence-electron chi connectivity index (χ3n) is 6.33. The molecule has 2 heterocycles. The summed E-state index contributed by atoms with van der Waals surface area (Å²) in [4.78, 5) is 38.9. The van der Waals surface area contributed by atoms with Crippen LogP contribution in [-0.4, -0.2) is 57.9 Å². The summed E-state index contributed by atoms with van der Waals surface area (Å²) < 4.78 is 0. The highest BCUT2D eigenvalue weighted by molar-refractivity contribution is 5.94. The van der Waals surface area contributed by atoms with E-state index in [0.29, 0.717) is 25.9 Å². The molecule has 0 aliphatic carbocycles. The van der Waals surface area contributed by atoms with Crippen LogP contribution in [-0.2, 0) is 14.4 Å². The molecule has 6 nitrogen and oxygen atoms in total. The Bertz CT molecular complexity index is 939. The molecule has 2 bridgehead atoms. The molecular formula is C31H42N2O4. The van der Waals surface area contributed by atoms with Gasteiger partial charge in [-0.1, -0.05) is 79.8 Å². The van der Waals surface area contributed by atoms with Crippen LogP contribution in [0, 0.1) is 0 Å². The number of hydrogen-bond acceptors (Lipinski definition) is 3. The van der Waals surface area contributed by atoms with Gasteiger partial charge in [-0.15, -0.1) is 0 Å². The van der Waals surface area contributed by atoms with Gasteiger partial charge in [-0.3, -0.25) is 9.59 Å². The number of carboxylic acid groups (broad SMARTS) is 1. The lowest BCUT2D eigenvalue weighted by Crippen LogP contribution is -2.50. The maximum absolute atomic E-state index is 12.6. The summed E-state index contributed by atoms with van der Waals surface area (Å²) in [6, 6.07) is 0.0377. The van der Waals surface area contributed by atoms with Crippen LogP contribution in [0.2, 0.25) is 0 Å². The van der Waals surface area contributed by atoms with Crippen molar-refractivity contribution in [3.63, 3.8) is 0 Å². The van der Waals surface area contributed by atoms with Gasteiger partial charge in [0.1, 0.15) is 0 Å². The second kappa shape index (κ2) is 17.9. The highest BCUT2D eigenvalue weighted by atomic mass is 16.4. The molecule has 2 aliphatic heterocycles. The lowest BCUT2D eigenvalue weighted by atomic mass is 10.2. The molecule has 0 aromatic heterocycles. The number of rotatable bonds is 16. The first-order valence-corrected chi connectivity index (χ1v) is 13.4. The zero-order valence-electron chi connectivity index (χ0n) is 22.1. The van der Waals surface area contributed by atoms with E-state index in [0.717, 1.165) is 57.1 Å². The quantitative estimate of drug-likeness (QED) is 0.208. The fraction of sp³-hybridized carbons (Fsp3) is 0.452. The van der Waals surface area contributed by atoms with Gasteiger partial charge in [-0.2, -0.15) is 0 Å². The van der Waals surface area contributed by atoms with Gasteiger partial charge in [-0.05, 0) is 51.4 Å². The third kappa shape index (κ3) is 11.9. The highest BCUT2D eigenvalue weighted by Gasteiger charge is 2.46. The first-order chi connectivity index (χ1) is 18.0. The Balaban J connectivity index is 1.50. The van der Waals surface area contributed by atoms with Gasteiger partial charge in [0.2, 0.25) is 11.8 Å². The fourth-order valence-corrected chi connectivity index (χ4v) is 4.47. The average molecular weight is 507 g/mol. The minimum Gasteiger partial charge on any atom is -0.478 e. The van der Waals surface area contributed by atoms with Crippen LogP contribution in [0.25, 0.3) is 0 Å². The summed E-state index contributed by atoms with van der Waals surface area (Å²) in [6.07, 6.45) is 35.7. The van der Waals surface area contributed by atoms with Crippen molar-refractivity contribution in [3.8, 4) is 0 Å². The maximum atomic E-state index is 12.6. The summed E-state index contributed by atoms with van der Waals surface area (Å²) in [5, 5.41) is 8.68. The fourth-order valence-electron chi connectivity index (χ4n) is 4.47. The minimum absolute atomic E-state index is 0.00855. The van der Waals surface area contributed by atoms with Crippen molar-refractivity contribution in [2.24, 2.45) is 0 Å². The highest BCUT2D eigenvalue weighted by Crippen LogP contribution is 2.31. The summed E-state index contributed by atoms with van der Waals surface area (Å²) in [5.41, 5.74) is 0. The van der Waals surface area contributed by atoms with Crippen LogP contribution >= 0.6 is 0 Å². The largest absolute Gasteiger partial charge is 0.478 e. The van der Waals surface area contributed by atoms with Gasteiger partial charge in [0, 0.05) is 31.7 Å². The van der Waals surface area contributed by atoms with E-state index in [1.54, 1.807) is 4.90 Å². The Hall–Kier alpha value is -3.41. The normalized spacial score (nSPS) is 20.1. The van der Waals surface area contributed by atoms with E-state index in [-0.39, 0.29) is 23.9 Å². The monoisotopic (exact) mass is 506 g/mol. The molecule has 2 amide bonds. The molecule has 2 rings (SSSR count). The van der Waals surface area contributed by atoms with Gasteiger partial charge in [0.15, 0.2) is 0 Å². The van der Waals surface area contributed by atoms with Crippen molar-refractivity contribution in [2.45, 2.75) is 76.8 Å². The summed E-state index contributed by atoms with van der Waals surface area (Å²) in [6.45, 7) is 3.17. The van der Waals surface area contributed by atoms with Gasteiger partial charge in [-0.25, -0.2) is 4.79 Å². The number of likely N-dealkylation sites (tertiary alicyclic amines) is 2. The van der Waals surface area contributed by atoms with Gasteiger partial charge in [0.25, 0.3) is 0 Å². The van der Waals surface area contributed by atoms with Crippen LogP contribution in [0.1, 0.15) is 64.7 Å². The van der Waals surface area contributed by atoms with Crippen molar-refractivity contribution >= 4 is 17.8 Å². The van der Waals surface area contributed by atoms with Crippen LogP contribution in [0.4, 0.5) is 0 Å². The lowest BCUT2D eigenvalue weighted by Gasteiger charge is -2.33. The topological polar surface area (TPSA) is 77.9 Å². The Morgan fingerprint density at radius 3 is 1.59 bits per heavy atom. The second-order valence-electron chi connectivity index (χ2n) is 9.21. The molecule has 37 heavy (non-hydrogen) atoms. The number of aliphatic carboxylic acids is 1. The lowest BCUT2D eigenvalue weighted by molar-refractivity contribution is -0.137. The van der Waals surface area contributed by atoms with Crippen molar-refractivity contribution in [2.75, 3.05) is 13.1 Å². The molecule has 0 aromatic rings. The Morgan fingerprint density at radius 1 is 0.676 bits per heavy atom. The molecule has 0 spiro atoms. The average Bonchev–Trinajstić information content (AvgIpc) is 3.50. The maximum Gasteiger partial charge on any atom is 0.328 e. The van der Waals surface area contributed by atoms with Crippen LogP contribution in [0.15, 0.2) is 85.1 Å². The van der Waals surface area contributed by atoms with E-state index >= 15 is 0 Å². The smallest absolute Gasteiger partial charge is 0.328 e. The second-order valence-corrected chi connectivity index (χ2v) is 9.21. The first-order valence-electron chi connectivity index (χ1n) is 13.4. The zero-order chi connectivity index (χ0) is 26.7. The molecule has 2 unspecified atom stereocenters. The predicted octanol–water partition coefficient (Wildman–Crippen LogP) is 5.92. The van der Waals surface area contributed by atoms with Crippen molar-refractivity contribution in [3.05, 3.63) is 85.1 Å². The SMILES string of the molecule is CCC=CCC=CCC=CCC=CCC=CCC=CCCC(=O)N1CC2CC1CN2C(=O)C=CC(=O)O. The summed E-state index contributed by atoms with van der Waals surface area (Å²) >= 11 is 0. The number of piperazine rings is 1. The first kappa shape index (κ1) is 29.8. The van der Waals surface area contributed by atoms with Crippen LogP contribution < -0.4 is 0 Å². The Kier molecular flexibility index (Phi) is 14.4. The predicted molar refractivity (Wildman–Crippen MR) is 150 cm³/mol. The number of carboxylic acids is 1. The molecule has 0 radical (unpaired) electrons. The van der Waals surface area contributed by atoms with E-state index in [9.17, 15) is 14.4 Å². The molecule has 1 N–H and O–H groups in total. The van der Waals surface area contributed by atoms with E-state index < -0.39 is 5.97 Å². The molecule has 6 heteroatoms.